The van der Waals surface area contributed by atoms with E-state index in [1.165, 1.54) is 11.0 Å². The Bertz CT molecular complexity index is 1200. The van der Waals surface area contributed by atoms with Crippen LogP contribution in [-0.2, 0) is 6.54 Å². The molecule has 0 atom stereocenters. The van der Waals surface area contributed by atoms with Crippen molar-refractivity contribution in [2.45, 2.75) is 27.3 Å². The SMILES string of the molecule is Cc1ccc(C)c(N2C(=O)c3ccc(C(=O)NCc4ccccc4C)cc3C2=O)c1. The van der Waals surface area contributed by atoms with E-state index < -0.39 is 5.91 Å². The van der Waals surface area contributed by atoms with Gasteiger partial charge in [-0.15, -0.1) is 0 Å². The Morgan fingerprint density at radius 3 is 2.33 bits per heavy atom. The fourth-order valence-electron chi connectivity index (χ4n) is 3.65. The molecule has 0 saturated carbocycles. The van der Waals surface area contributed by atoms with E-state index in [2.05, 4.69) is 5.32 Å². The van der Waals surface area contributed by atoms with Crippen molar-refractivity contribution in [2.75, 3.05) is 4.90 Å². The number of fused-ring (bicyclic) bond motifs is 1. The molecule has 0 bridgehead atoms. The van der Waals surface area contributed by atoms with Gasteiger partial charge in [-0.05, 0) is 67.3 Å². The van der Waals surface area contributed by atoms with Crippen LogP contribution in [0.4, 0.5) is 5.69 Å². The first kappa shape index (κ1) is 19.6. The molecule has 1 N–H and O–H groups in total. The Labute approximate surface area is 175 Å². The number of amides is 3. The molecule has 0 saturated heterocycles. The van der Waals surface area contributed by atoms with Crippen molar-refractivity contribution in [3.63, 3.8) is 0 Å². The zero-order chi connectivity index (χ0) is 21.4. The Balaban J connectivity index is 1.59. The number of aryl methyl sites for hydroxylation is 3. The van der Waals surface area contributed by atoms with Gasteiger partial charge in [-0.1, -0.05) is 36.4 Å². The second-order valence-electron chi connectivity index (χ2n) is 7.61. The number of nitrogens with one attached hydrogen (secondary N) is 1. The molecule has 0 radical (unpaired) electrons. The average Bonchev–Trinajstić information content (AvgIpc) is 2.99. The average molecular weight is 398 g/mol. The Morgan fingerprint density at radius 2 is 1.57 bits per heavy atom. The van der Waals surface area contributed by atoms with Crippen molar-refractivity contribution in [3.8, 4) is 0 Å². The highest BCUT2D eigenvalue weighted by Gasteiger charge is 2.37. The molecular formula is C25H22N2O3. The second-order valence-corrected chi connectivity index (χ2v) is 7.61. The number of carbonyl (C=O) groups is 3. The van der Waals surface area contributed by atoms with Crippen LogP contribution < -0.4 is 10.2 Å². The Kier molecular flexibility index (Phi) is 4.96. The quantitative estimate of drug-likeness (QED) is 0.665. The molecule has 1 aliphatic heterocycles. The van der Waals surface area contributed by atoms with Gasteiger partial charge < -0.3 is 5.32 Å². The van der Waals surface area contributed by atoms with E-state index in [9.17, 15) is 14.4 Å². The number of imide groups is 1. The van der Waals surface area contributed by atoms with Gasteiger partial charge >= 0.3 is 0 Å². The van der Waals surface area contributed by atoms with E-state index in [0.717, 1.165) is 22.3 Å². The molecule has 0 spiro atoms. The fourth-order valence-corrected chi connectivity index (χ4v) is 3.65. The van der Waals surface area contributed by atoms with E-state index >= 15 is 0 Å². The van der Waals surface area contributed by atoms with E-state index in [-0.39, 0.29) is 17.4 Å². The molecule has 5 nitrogen and oxygen atoms in total. The molecule has 0 fully saturated rings. The van der Waals surface area contributed by atoms with Crippen molar-refractivity contribution >= 4 is 23.4 Å². The van der Waals surface area contributed by atoms with Crippen molar-refractivity contribution < 1.29 is 14.4 Å². The summed E-state index contributed by atoms with van der Waals surface area (Å²) >= 11 is 0. The minimum atomic E-state index is -0.405. The largest absolute Gasteiger partial charge is 0.348 e. The van der Waals surface area contributed by atoms with Crippen LogP contribution in [0.1, 0.15) is 53.3 Å². The zero-order valence-electron chi connectivity index (χ0n) is 17.2. The van der Waals surface area contributed by atoms with Gasteiger partial charge in [0.2, 0.25) is 0 Å². The van der Waals surface area contributed by atoms with E-state index in [4.69, 9.17) is 0 Å². The maximum atomic E-state index is 13.0. The van der Waals surface area contributed by atoms with Crippen LogP contribution in [0.15, 0.2) is 60.7 Å². The van der Waals surface area contributed by atoms with Crippen molar-refractivity contribution in [1.82, 2.24) is 5.32 Å². The third-order valence-electron chi connectivity index (χ3n) is 5.45. The molecule has 3 aromatic carbocycles. The zero-order valence-corrected chi connectivity index (χ0v) is 17.2. The number of benzene rings is 3. The molecule has 3 aromatic rings. The second kappa shape index (κ2) is 7.59. The Morgan fingerprint density at radius 1 is 0.833 bits per heavy atom. The molecule has 30 heavy (non-hydrogen) atoms. The first-order valence-electron chi connectivity index (χ1n) is 9.79. The van der Waals surface area contributed by atoms with Gasteiger partial charge in [0.1, 0.15) is 0 Å². The fraction of sp³-hybridized carbons (Fsp3) is 0.160. The van der Waals surface area contributed by atoms with Gasteiger partial charge in [-0.2, -0.15) is 0 Å². The lowest BCUT2D eigenvalue weighted by Crippen LogP contribution is -2.30. The molecule has 0 aromatic heterocycles. The molecule has 3 amide bonds. The van der Waals surface area contributed by atoms with E-state index in [1.54, 1.807) is 12.1 Å². The van der Waals surface area contributed by atoms with Gasteiger partial charge in [-0.25, -0.2) is 4.90 Å². The number of nitrogens with zero attached hydrogens (tertiary/aromatic N) is 1. The standard InChI is InChI=1S/C25H22N2O3/c1-15-8-9-17(3)22(12-15)27-24(29)20-11-10-18(13-21(20)25(27)30)23(28)26-14-19-7-5-4-6-16(19)2/h4-13H,14H2,1-3H3,(H,26,28). The third kappa shape index (κ3) is 3.39. The lowest BCUT2D eigenvalue weighted by Gasteiger charge is -2.17. The Hall–Kier alpha value is -3.73. The number of carbonyl (C=O) groups excluding carboxylic acids is 3. The summed E-state index contributed by atoms with van der Waals surface area (Å²) in [5.41, 5.74) is 5.42. The van der Waals surface area contributed by atoms with Gasteiger partial charge in [0.05, 0.1) is 16.8 Å². The minimum absolute atomic E-state index is 0.254. The van der Waals surface area contributed by atoms with Crippen LogP contribution >= 0.6 is 0 Å². The summed E-state index contributed by atoms with van der Waals surface area (Å²) in [5.74, 6) is -1.06. The highest BCUT2D eigenvalue weighted by atomic mass is 16.2. The van der Waals surface area contributed by atoms with Gasteiger partial charge in [0.15, 0.2) is 0 Å². The van der Waals surface area contributed by atoms with Gasteiger partial charge in [0, 0.05) is 12.1 Å². The van der Waals surface area contributed by atoms with Crippen molar-refractivity contribution in [2.24, 2.45) is 0 Å². The van der Waals surface area contributed by atoms with Crippen LogP contribution in [0.3, 0.4) is 0 Å². The van der Waals surface area contributed by atoms with Crippen LogP contribution in [0.5, 0.6) is 0 Å². The normalized spacial score (nSPS) is 12.8. The molecule has 150 valence electrons. The third-order valence-corrected chi connectivity index (χ3v) is 5.45. The highest BCUT2D eigenvalue weighted by molar-refractivity contribution is 6.35. The van der Waals surface area contributed by atoms with Crippen LogP contribution in [0.25, 0.3) is 0 Å². The van der Waals surface area contributed by atoms with Gasteiger partial charge in [0.25, 0.3) is 17.7 Å². The topological polar surface area (TPSA) is 66.5 Å². The summed E-state index contributed by atoms with van der Waals surface area (Å²) in [6.45, 7) is 6.16. The molecule has 1 aliphatic rings. The molecule has 1 heterocycles. The van der Waals surface area contributed by atoms with Crippen molar-refractivity contribution in [1.29, 1.82) is 0 Å². The summed E-state index contributed by atoms with van der Waals surface area (Å²) in [7, 11) is 0. The van der Waals surface area contributed by atoms with E-state index in [0.29, 0.717) is 23.4 Å². The maximum Gasteiger partial charge on any atom is 0.266 e. The summed E-state index contributed by atoms with van der Waals surface area (Å²) in [6.07, 6.45) is 0. The van der Waals surface area contributed by atoms with Gasteiger partial charge in [-0.3, -0.25) is 14.4 Å². The number of hydrogen-bond acceptors (Lipinski definition) is 3. The first-order chi connectivity index (χ1) is 14.4. The molecule has 4 rings (SSSR count). The van der Waals surface area contributed by atoms with Crippen LogP contribution in [0.2, 0.25) is 0 Å². The van der Waals surface area contributed by atoms with Crippen LogP contribution in [-0.4, -0.2) is 17.7 Å². The summed E-state index contributed by atoms with van der Waals surface area (Å²) in [4.78, 5) is 39.8. The summed E-state index contributed by atoms with van der Waals surface area (Å²) in [6, 6.07) is 18.1. The summed E-state index contributed by atoms with van der Waals surface area (Å²) in [5, 5.41) is 2.88. The first-order valence-corrected chi connectivity index (χ1v) is 9.79. The predicted molar refractivity (Wildman–Crippen MR) is 116 cm³/mol. The van der Waals surface area contributed by atoms with Crippen molar-refractivity contribution in [3.05, 3.63) is 99.6 Å². The lowest BCUT2D eigenvalue weighted by atomic mass is 10.0. The molecule has 5 heteroatoms. The van der Waals surface area contributed by atoms with E-state index in [1.807, 2.05) is 63.2 Å². The number of rotatable bonds is 4. The smallest absolute Gasteiger partial charge is 0.266 e. The maximum absolute atomic E-state index is 13.0. The monoisotopic (exact) mass is 398 g/mol. The predicted octanol–water partition coefficient (Wildman–Crippen LogP) is 4.34. The summed E-state index contributed by atoms with van der Waals surface area (Å²) < 4.78 is 0. The molecular weight excluding hydrogens is 376 g/mol. The lowest BCUT2D eigenvalue weighted by molar-refractivity contribution is 0.0923. The number of hydrogen-bond donors (Lipinski definition) is 1. The minimum Gasteiger partial charge on any atom is -0.348 e. The number of anilines is 1. The molecule has 0 unspecified atom stereocenters. The molecule has 0 aliphatic carbocycles. The van der Waals surface area contributed by atoms with Crippen LogP contribution in [0, 0.1) is 20.8 Å². The highest BCUT2D eigenvalue weighted by Crippen LogP contribution is 2.31.